The van der Waals surface area contributed by atoms with Crippen molar-refractivity contribution < 1.29 is 19.1 Å². The summed E-state index contributed by atoms with van der Waals surface area (Å²) in [5, 5.41) is 5.96. The van der Waals surface area contributed by atoms with Crippen LogP contribution in [0.15, 0.2) is 42.5 Å². The number of carbonyl (C=O) groups excluding carboxylic acids is 2. The molecule has 138 valence electrons. The molecule has 0 aliphatic heterocycles. The Hall–Kier alpha value is -2.73. The topological polar surface area (TPSA) is 76.7 Å². The molecule has 0 aliphatic carbocycles. The lowest BCUT2D eigenvalue weighted by atomic mass is 10.0. The quantitative estimate of drug-likeness (QED) is 0.774. The van der Waals surface area contributed by atoms with Crippen molar-refractivity contribution in [1.29, 1.82) is 0 Å². The van der Waals surface area contributed by atoms with Crippen molar-refractivity contribution in [3.05, 3.63) is 53.1 Å². The SMILES string of the molecule is COc1cc(NC(=O)CC(NC(C)=O)c2ccccc2)c(OC)cc1Cl. The van der Waals surface area contributed by atoms with E-state index in [1.165, 1.54) is 21.1 Å². The number of halogens is 1. The molecule has 0 bridgehead atoms. The van der Waals surface area contributed by atoms with Gasteiger partial charge in [-0.1, -0.05) is 41.9 Å². The van der Waals surface area contributed by atoms with E-state index in [-0.39, 0.29) is 18.2 Å². The summed E-state index contributed by atoms with van der Waals surface area (Å²) < 4.78 is 10.4. The van der Waals surface area contributed by atoms with E-state index in [2.05, 4.69) is 10.6 Å². The van der Waals surface area contributed by atoms with Gasteiger partial charge in [-0.3, -0.25) is 9.59 Å². The molecule has 0 saturated heterocycles. The van der Waals surface area contributed by atoms with Gasteiger partial charge in [0.1, 0.15) is 11.5 Å². The Morgan fingerprint density at radius 1 is 1.08 bits per heavy atom. The zero-order valence-electron chi connectivity index (χ0n) is 14.8. The number of anilines is 1. The van der Waals surface area contributed by atoms with Gasteiger partial charge in [0.15, 0.2) is 0 Å². The molecule has 6 nitrogen and oxygen atoms in total. The molecule has 2 N–H and O–H groups in total. The molecule has 2 aromatic carbocycles. The number of hydrogen-bond acceptors (Lipinski definition) is 4. The van der Waals surface area contributed by atoms with E-state index in [1.807, 2.05) is 30.3 Å². The minimum atomic E-state index is -0.436. The minimum absolute atomic E-state index is 0.0672. The monoisotopic (exact) mass is 376 g/mol. The average Bonchev–Trinajstić information content (AvgIpc) is 2.62. The first-order chi connectivity index (χ1) is 12.4. The van der Waals surface area contributed by atoms with E-state index in [9.17, 15) is 9.59 Å². The number of methoxy groups -OCH3 is 2. The number of nitrogens with one attached hydrogen (secondary N) is 2. The Kier molecular flexibility index (Phi) is 6.86. The highest BCUT2D eigenvalue weighted by molar-refractivity contribution is 6.32. The summed E-state index contributed by atoms with van der Waals surface area (Å²) in [5.41, 5.74) is 1.28. The van der Waals surface area contributed by atoms with Gasteiger partial charge in [0.05, 0.1) is 37.4 Å². The molecule has 0 aliphatic rings. The third kappa shape index (κ3) is 5.13. The molecular weight excluding hydrogens is 356 g/mol. The second kappa shape index (κ2) is 9.10. The van der Waals surface area contributed by atoms with Crippen molar-refractivity contribution in [2.45, 2.75) is 19.4 Å². The van der Waals surface area contributed by atoms with E-state index in [4.69, 9.17) is 21.1 Å². The van der Waals surface area contributed by atoms with Crippen molar-refractivity contribution in [3.63, 3.8) is 0 Å². The maximum atomic E-state index is 12.5. The maximum Gasteiger partial charge on any atom is 0.226 e. The van der Waals surface area contributed by atoms with Crippen LogP contribution in [0.25, 0.3) is 0 Å². The van der Waals surface area contributed by atoms with Gasteiger partial charge in [-0.25, -0.2) is 0 Å². The summed E-state index contributed by atoms with van der Waals surface area (Å²) >= 11 is 6.07. The number of amides is 2. The highest BCUT2D eigenvalue weighted by atomic mass is 35.5. The van der Waals surface area contributed by atoms with Crippen LogP contribution < -0.4 is 20.1 Å². The number of ether oxygens (including phenoxy) is 2. The zero-order chi connectivity index (χ0) is 19.1. The molecule has 2 amide bonds. The van der Waals surface area contributed by atoms with Crippen molar-refractivity contribution in [1.82, 2.24) is 5.32 Å². The summed E-state index contributed by atoms with van der Waals surface area (Å²) in [6.45, 7) is 1.42. The second-order valence-corrected chi connectivity index (χ2v) is 6.01. The molecule has 0 aromatic heterocycles. The van der Waals surface area contributed by atoms with Crippen LogP contribution >= 0.6 is 11.6 Å². The van der Waals surface area contributed by atoms with Gasteiger partial charge < -0.3 is 20.1 Å². The lowest BCUT2D eigenvalue weighted by molar-refractivity contribution is -0.120. The van der Waals surface area contributed by atoms with E-state index < -0.39 is 6.04 Å². The Morgan fingerprint density at radius 3 is 2.31 bits per heavy atom. The summed E-state index contributed by atoms with van der Waals surface area (Å²) in [6.07, 6.45) is 0.0672. The molecule has 1 unspecified atom stereocenters. The second-order valence-electron chi connectivity index (χ2n) is 5.60. The summed E-state index contributed by atoms with van der Waals surface area (Å²) in [7, 11) is 2.97. The Labute approximate surface area is 157 Å². The van der Waals surface area contributed by atoms with Gasteiger partial charge >= 0.3 is 0 Å². The molecule has 0 saturated carbocycles. The van der Waals surface area contributed by atoms with E-state index in [0.717, 1.165) is 5.56 Å². The minimum Gasteiger partial charge on any atom is -0.495 e. The van der Waals surface area contributed by atoms with Crippen molar-refractivity contribution in [2.75, 3.05) is 19.5 Å². The summed E-state index contributed by atoms with van der Waals surface area (Å²) in [4.78, 5) is 24.0. The van der Waals surface area contributed by atoms with Crippen molar-refractivity contribution in [3.8, 4) is 11.5 Å². The fourth-order valence-electron chi connectivity index (χ4n) is 2.53. The fraction of sp³-hybridized carbons (Fsp3) is 0.263. The number of rotatable bonds is 7. The fourth-order valence-corrected chi connectivity index (χ4v) is 2.76. The molecule has 7 heteroatoms. The largest absolute Gasteiger partial charge is 0.495 e. The first kappa shape index (κ1) is 19.6. The zero-order valence-corrected chi connectivity index (χ0v) is 15.6. The smallest absolute Gasteiger partial charge is 0.226 e. The summed E-state index contributed by atoms with van der Waals surface area (Å²) in [5.74, 6) is 0.344. The number of benzene rings is 2. The highest BCUT2D eigenvalue weighted by Crippen LogP contribution is 2.36. The molecule has 0 fully saturated rings. The molecule has 2 rings (SSSR count). The normalized spacial score (nSPS) is 11.4. The van der Waals surface area contributed by atoms with Crippen LogP contribution in [0.3, 0.4) is 0 Å². The molecule has 1 atom stereocenters. The van der Waals surface area contributed by atoms with Crippen LogP contribution in [0.5, 0.6) is 11.5 Å². The molecule has 26 heavy (non-hydrogen) atoms. The standard InChI is InChI=1S/C19H21ClN2O4/c1-12(23)21-15(13-7-5-4-6-8-13)11-19(24)22-16-10-17(25-2)14(20)9-18(16)26-3/h4-10,15H,11H2,1-3H3,(H,21,23)(H,22,24). The predicted molar refractivity (Wildman–Crippen MR) is 101 cm³/mol. The Bertz CT molecular complexity index is 781. The van der Waals surface area contributed by atoms with Crippen LogP contribution in [0, 0.1) is 0 Å². The molecule has 0 radical (unpaired) electrons. The van der Waals surface area contributed by atoms with Crippen LogP contribution in [0.4, 0.5) is 5.69 Å². The first-order valence-electron chi connectivity index (χ1n) is 7.98. The Morgan fingerprint density at radius 2 is 1.73 bits per heavy atom. The van der Waals surface area contributed by atoms with Gasteiger partial charge in [-0.15, -0.1) is 0 Å². The van der Waals surface area contributed by atoms with Gasteiger partial charge in [0, 0.05) is 19.1 Å². The lowest BCUT2D eigenvalue weighted by Gasteiger charge is -2.19. The molecule has 2 aromatic rings. The molecular formula is C19H21ClN2O4. The molecule has 0 heterocycles. The highest BCUT2D eigenvalue weighted by Gasteiger charge is 2.19. The van der Waals surface area contributed by atoms with Crippen molar-refractivity contribution >= 4 is 29.1 Å². The number of carbonyl (C=O) groups is 2. The van der Waals surface area contributed by atoms with Gasteiger partial charge in [-0.2, -0.15) is 0 Å². The van der Waals surface area contributed by atoms with E-state index >= 15 is 0 Å². The van der Waals surface area contributed by atoms with E-state index in [0.29, 0.717) is 22.2 Å². The predicted octanol–water partition coefficient (Wildman–Crippen LogP) is 3.56. The van der Waals surface area contributed by atoms with Crippen LogP contribution in [-0.2, 0) is 9.59 Å². The molecule has 0 spiro atoms. The summed E-state index contributed by atoms with van der Waals surface area (Å²) in [6, 6.07) is 12.0. The van der Waals surface area contributed by atoms with Crippen LogP contribution in [-0.4, -0.2) is 26.0 Å². The van der Waals surface area contributed by atoms with Crippen molar-refractivity contribution in [2.24, 2.45) is 0 Å². The maximum absolute atomic E-state index is 12.5. The Balaban J connectivity index is 2.19. The third-order valence-corrected chi connectivity index (χ3v) is 4.01. The average molecular weight is 377 g/mol. The van der Waals surface area contributed by atoms with Gasteiger partial charge in [-0.05, 0) is 5.56 Å². The third-order valence-electron chi connectivity index (χ3n) is 3.72. The van der Waals surface area contributed by atoms with E-state index in [1.54, 1.807) is 12.1 Å². The van der Waals surface area contributed by atoms with Gasteiger partial charge in [0.2, 0.25) is 11.8 Å². The van der Waals surface area contributed by atoms with Gasteiger partial charge in [0.25, 0.3) is 0 Å². The lowest BCUT2D eigenvalue weighted by Crippen LogP contribution is -2.29. The first-order valence-corrected chi connectivity index (χ1v) is 8.35. The van der Waals surface area contributed by atoms with Crippen LogP contribution in [0.1, 0.15) is 24.9 Å². The van der Waals surface area contributed by atoms with Crippen LogP contribution in [0.2, 0.25) is 5.02 Å². The number of hydrogen-bond donors (Lipinski definition) is 2.